The average Bonchev–Trinajstić information content (AvgIpc) is 2.61. The van der Waals surface area contributed by atoms with Crippen LogP contribution in [0.2, 0.25) is 5.28 Å². The maximum Gasteiger partial charge on any atom is 0.322 e. The summed E-state index contributed by atoms with van der Waals surface area (Å²) in [4.78, 5) is 12.5. The van der Waals surface area contributed by atoms with E-state index in [-0.39, 0.29) is 16.8 Å². The molecule has 0 bridgehead atoms. The fraction of sp³-hybridized carbons (Fsp3) is 0.211. The van der Waals surface area contributed by atoms with Gasteiger partial charge in [0.25, 0.3) is 0 Å². The van der Waals surface area contributed by atoms with Gasteiger partial charge in [-0.1, -0.05) is 60.7 Å². The SMILES string of the molecule is CC(C)(Nc1nc(Cl)nc(OCc2ccccc2)n1)c1ccccc1. The molecule has 0 radical (unpaired) electrons. The highest BCUT2D eigenvalue weighted by molar-refractivity contribution is 6.28. The molecular weight excluding hydrogens is 336 g/mol. The first-order chi connectivity index (χ1) is 12.0. The summed E-state index contributed by atoms with van der Waals surface area (Å²) >= 11 is 6.02. The Bertz CT molecular complexity index is 825. The number of anilines is 1. The van der Waals surface area contributed by atoms with Crippen molar-refractivity contribution in [3.63, 3.8) is 0 Å². The van der Waals surface area contributed by atoms with E-state index in [9.17, 15) is 0 Å². The number of rotatable bonds is 6. The van der Waals surface area contributed by atoms with E-state index in [0.717, 1.165) is 11.1 Å². The minimum absolute atomic E-state index is 0.0874. The maximum atomic E-state index is 6.02. The Balaban J connectivity index is 1.75. The van der Waals surface area contributed by atoms with Crippen molar-refractivity contribution >= 4 is 17.5 Å². The number of aromatic nitrogens is 3. The molecule has 0 unspecified atom stereocenters. The molecule has 0 aliphatic heterocycles. The summed E-state index contributed by atoms with van der Waals surface area (Å²) in [6.07, 6.45) is 0. The molecule has 0 aliphatic rings. The quantitative estimate of drug-likeness (QED) is 0.708. The van der Waals surface area contributed by atoms with Crippen molar-refractivity contribution in [3.8, 4) is 6.01 Å². The van der Waals surface area contributed by atoms with E-state index >= 15 is 0 Å². The fourth-order valence-corrected chi connectivity index (χ4v) is 2.53. The number of nitrogens with zero attached hydrogens (tertiary/aromatic N) is 3. The van der Waals surface area contributed by atoms with E-state index in [1.54, 1.807) is 0 Å². The second kappa shape index (κ2) is 7.49. The number of halogens is 1. The van der Waals surface area contributed by atoms with Crippen LogP contribution in [0.25, 0.3) is 0 Å². The van der Waals surface area contributed by atoms with Crippen molar-refractivity contribution in [3.05, 3.63) is 77.1 Å². The highest BCUT2D eigenvalue weighted by atomic mass is 35.5. The fourth-order valence-electron chi connectivity index (χ4n) is 2.38. The zero-order valence-electron chi connectivity index (χ0n) is 14.1. The Morgan fingerprint density at radius 2 is 1.56 bits per heavy atom. The lowest BCUT2D eigenvalue weighted by molar-refractivity contribution is 0.280. The predicted octanol–water partition coefficient (Wildman–Crippen LogP) is 4.45. The molecule has 0 spiro atoms. The third kappa shape index (κ3) is 4.67. The van der Waals surface area contributed by atoms with Crippen LogP contribution in [0, 0.1) is 0 Å². The van der Waals surface area contributed by atoms with Crippen molar-refractivity contribution in [1.82, 2.24) is 15.0 Å². The maximum absolute atomic E-state index is 6.02. The molecule has 1 heterocycles. The molecule has 6 heteroatoms. The highest BCUT2D eigenvalue weighted by Crippen LogP contribution is 2.25. The van der Waals surface area contributed by atoms with Crippen LogP contribution in [0.4, 0.5) is 5.95 Å². The van der Waals surface area contributed by atoms with E-state index < -0.39 is 0 Å². The van der Waals surface area contributed by atoms with Crippen molar-refractivity contribution in [1.29, 1.82) is 0 Å². The van der Waals surface area contributed by atoms with Gasteiger partial charge in [-0.15, -0.1) is 0 Å². The number of hydrogen-bond acceptors (Lipinski definition) is 5. The van der Waals surface area contributed by atoms with Crippen molar-refractivity contribution in [2.45, 2.75) is 26.0 Å². The first-order valence-corrected chi connectivity index (χ1v) is 8.33. The molecule has 2 aromatic carbocycles. The number of benzene rings is 2. The number of ether oxygens (including phenoxy) is 1. The van der Waals surface area contributed by atoms with Crippen molar-refractivity contribution in [2.75, 3.05) is 5.32 Å². The smallest absolute Gasteiger partial charge is 0.322 e. The molecule has 1 N–H and O–H groups in total. The van der Waals surface area contributed by atoms with Crippen LogP contribution in [0.1, 0.15) is 25.0 Å². The third-order valence-electron chi connectivity index (χ3n) is 3.72. The third-order valence-corrected chi connectivity index (χ3v) is 3.89. The van der Waals surface area contributed by atoms with Gasteiger partial charge in [-0.3, -0.25) is 0 Å². The van der Waals surface area contributed by atoms with Crippen LogP contribution in [0.5, 0.6) is 6.01 Å². The summed E-state index contributed by atoms with van der Waals surface area (Å²) in [5, 5.41) is 3.37. The van der Waals surface area contributed by atoms with E-state index in [2.05, 4.69) is 20.3 Å². The molecule has 0 atom stereocenters. The van der Waals surface area contributed by atoms with Crippen LogP contribution in [-0.2, 0) is 12.1 Å². The predicted molar refractivity (Wildman–Crippen MR) is 98.7 cm³/mol. The monoisotopic (exact) mass is 354 g/mol. The minimum Gasteiger partial charge on any atom is -0.458 e. The first-order valence-electron chi connectivity index (χ1n) is 7.95. The standard InChI is InChI=1S/C19H19ClN4O/c1-19(2,15-11-7-4-8-12-15)24-17-21-16(20)22-18(23-17)25-13-14-9-5-3-6-10-14/h3-12H,13H2,1-2H3,(H,21,22,23,24). The van der Waals surface area contributed by atoms with E-state index in [4.69, 9.17) is 16.3 Å². The van der Waals surface area contributed by atoms with Crippen molar-refractivity contribution < 1.29 is 4.74 Å². The summed E-state index contributed by atoms with van der Waals surface area (Å²) in [5.41, 5.74) is 1.76. The van der Waals surface area contributed by atoms with Gasteiger partial charge in [-0.05, 0) is 36.6 Å². The molecule has 0 fully saturated rings. The molecule has 1 aromatic heterocycles. The second-order valence-corrected chi connectivity index (χ2v) is 6.44. The van der Waals surface area contributed by atoms with Crippen LogP contribution < -0.4 is 10.1 Å². The Morgan fingerprint density at radius 1 is 0.920 bits per heavy atom. The Kier molecular flexibility index (Phi) is 5.14. The van der Waals surface area contributed by atoms with Gasteiger partial charge < -0.3 is 10.1 Å². The van der Waals surface area contributed by atoms with Crippen LogP contribution in [0.15, 0.2) is 60.7 Å². The van der Waals surface area contributed by atoms with Gasteiger partial charge in [0.1, 0.15) is 6.61 Å². The second-order valence-electron chi connectivity index (χ2n) is 6.10. The Morgan fingerprint density at radius 3 is 2.24 bits per heavy atom. The summed E-state index contributed by atoms with van der Waals surface area (Å²) in [6.45, 7) is 4.46. The first kappa shape index (κ1) is 17.2. The molecule has 5 nitrogen and oxygen atoms in total. The topological polar surface area (TPSA) is 59.9 Å². The molecular formula is C19H19ClN4O. The number of hydrogen-bond donors (Lipinski definition) is 1. The van der Waals surface area contributed by atoms with E-state index in [1.807, 2.05) is 74.5 Å². The Labute approximate surface area is 152 Å². The molecule has 0 amide bonds. The number of nitrogens with one attached hydrogen (secondary N) is 1. The van der Waals surface area contributed by atoms with Gasteiger partial charge in [0.15, 0.2) is 0 Å². The molecule has 3 aromatic rings. The molecule has 0 saturated carbocycles. The van der Waals surface area contributed by atoms with Crippen LogP contribution in [-0.4, -0.2) is 15.0 Å². The summed E-state index contributed by atoms with van der Waals surface area (Å²) in [6, 6.07) is 20.1. The molecule has 3 rings (SSSR count). The van der Waals surface area contributed by atoms with Gasteiger partial charge in [0, 0.05) is 0 Å². The van der Waals surface area contributed by atoms with Gasteiger partial charge in [-0.25, -0.2) is 0 Å². The van der Waals surface area contributed by atoms with Crippen molar-refractivity contribution in [2.24, 2.45) is 0 Å². The van der Waals surface area contributed by atoms with Gasteiger partial charge in [0.05, 0.1) is 5.54 Å². The lowest BCUT2D eigenvalue weighted by atomic mass is 9.95. The van der Waals surface area contributed by atoms with Gasteiger partial charge in [0.2, 0.25) is 11.2 Å². The van der Waals surface area contributed by atoms with E-state index in [0.29, 0.717) is 12.6 Å². The molecule has 0 saturated heterocycles. The summed E-state index contributed by atoms with van der Waals surface area (Å²) < 4.78 is 5.65. The highest BCUT2D eigenvalue weighted by Gasteiger charge is 2.22. The lowest BCUT2D eigenvalue weighted by Gasteiger charge is -2.26. The van der Waals surface area contributed by atoms with E-state index in [1.165, 1.54) is 0 Å². The van der Waals surface area contributed by atoms with Crippen LogP contribution >= 0.6 is 11.6 Å². The summed E-state index contributed by atoms with van der Waals surface area (Å²) in [7, 11) is 0. The normalized spacial score (nSPS) is 11.2. The van der Waals surface area contributed by atoms with Gasteiger partial charge in [-0.2, -0.15) is 15.0 Å². The Hall–Kier alpha value is -2.66. The molecule has 128 valence electrons. The average molecular weight is 355 g/mol. The lowest BCUT2D eigenvalue weighted by Crippen LogP contribution is -2.29. The molecule has 0 aliphatic carbocycles. The summed E-state index contributed by atoms with van der Waals surface area (Å²) in [5.74, 6) is 0.372. The zero-order valence-corrected chi connectivity index (χ0v) is 14.9. The largest absolute Gasteiger partial charge is 0.458 e. The van der Waals surface area contributed by atoms with Crippen LogP contribution in [0.3, 0.4) is 0 Å². The zero-order chi connectivity index (χ0) is 17.7. The van der Waals surface area contributed by atoms with Gasteiger partial charge >= 0.3 is 6.01 Å². The minimum atomic E-state index is -0.372. The molecule has 25 heavy (non-hydrogen) atoms.